The number of fused-ring (bicyclic) bond motifs is 1. The van der Waals surface area contributed by atoms with Crippen LogP contribution in [0.3, 0.4) is 0 Å². The predicted octanol–water partition coefficient (Wildman–Crippen LogP) is 2.77. The Morgan fingerprint density at radius 3 is 2.73 bits per heavy atom. The molecule has 0 saturated carbocycles. The average molecular weight is 379 g/mol. The van der Waals surface area contributed by atoms with Gasteiger partial charge in [0, 0.05) is 17.8 Å². The Morgan fingerprint density at radius 2 is 1.96 bits per heavy atom. The number of carbonyl (C=O) groups excluding carboxylic acids is 2. The largest absolute Gasteiger partial charge is 0.454 e. The average Bonchev–Trinajstić information content (AvgIpc) is 3.07. The third kappa shape index (κ3) is 3.83. The van der Waals surface area contributed by atoms with Crippen molar-refractivity contribution in [1.82, 2.24) is 0 Å². The number of rotatable bonds is 5. The maximum absolute atomic E-state index is 11.9. The fourth-order valence-electron chi connectivity index (χ4n) is 2.17. The number of nitro benzene ring substituents is 1. The van der Waals surface area contributed by atoms with Gasteiger partial charge in [-0.05, 0) is 24.3 Å². The predicted molar refractivity (Wildman–Crippen MR) is 89.6 cm³/mol. The number of nitro groups is 1. The van der Waals surface area contributed by atoms with Crippen LogP contribution in [0.25, 0.3) is 0 Å². The molecular weight excluding hydrogens is 368 g/mol. The SMILES string of the molecule is O=C(COC(=O)c1ccc(Cl)c([N+](=O)[O-])c1)Nc1ccc2c(c1)OCO2. The first-order valence-electron chi connectivity index (χ1n) is 7.24. The lowest BCUT2D eigenvalue weighted by atomic mass is 10.2. The molecule has 134 valence electrons. The van der Waals surface area contributed by atoms with E-state index in [1.54, 1.807) is 18.2 Å². The second-order valence-corrected chi connectivity index (χ2v) is 5.52. The molecule has 3 rings (SSSR count). The van der Waals surface area contributed by atoms with Gasteiger partial charge in [-0.1, -0.05) is 11.6 Å². The van der Waals surface area contributed by atoms with Crippen LogP contribution in [-0.4, -0.2) is 30.2 Å². The zero-order valence-corrected chi connectivity index (χ0v) is 13.8. The van der Waals surface area contributed by atoms with E-state index >= 15 is 0 Å². The lowest BCUT2D eigenvalue weighted by Crippen LogP contribution is -2.21. The zero-order chi connectivity index (χ0) is 18.7. The Balaban J connectivity index is 1.58. The Bertz CT molecular complexity index is 900. The van der Waals surface area contributed by atoms with E-state index in [1.807, 2.05) is 0 Å². The van der Waals surface area contributed by atoms with E-state index in [0.29, 0.717) is 17.2 Å². The third-order valence-electron chi connectivity index (χ3n) is 3.37. The smallest absolute Gasteiger partial charge is 0.338 e. The van der Waals surface area contributed by atoms with Gasteiger partial charge in [0.15, 0.2) is 18.1 Å². The van der Waals surface area contributed by atoms with Crippen molar-refractivity contribution in [3.05, 3.63) is 57.1 Å². The van der Waals surface area contributed by atoms with Crippen LogP contribution in [0.15, 0.2) is 36.4 Å². The highest BCUT2D eigenvalue weighted by atomic mass is 35.5. The highest BCUT2D eigenvalue weighted by molar-refractivity contribution is 6.32. The molecule has 26 heavy (non-hydrogen) atoms. The van der Waals surface area contributed by atoms with Crippen molar-refractivity contribution in [2.75, 3.05) is 18.7 Å². The minimum Gasteiger partial charge on any atom is -0.454 e. The first-order valence-corrected chi connectivity index (χ1v) is 7.62. The lowest BCUT2D eigenvalue weighted by molar-refractivity contribution is -0.384. The molecule has 0 atom stereocenters. The summed E-state index contributed by atoms with van der Waals surface area (Å²) >= 11 is 5.68. The molecule has 1 amide bonds. The van der Waals surface area contributed by atoms with Crippen molar-refractivity contribution in [2.45, 2.75) is 0 Å². The molecule has 1 heterocycles. The van der Waals surface area contributed by atoms with Crippen LogP contribution in [0.5, 0.6) is 11.5 Å². The summed E-state index contributed by atoms with van der Waals surface area (Å²) in [6.07, 6.45) is 0. The fraction of sp³-hybridized carbons (Fsp3) is 0.125. The molecule has 1 N–H and O–H groups in total. The normalized spacial score (nSPS) is 11.7. The first-order chi connectivity index (χ1) is 12.4. The summed E-state index contributed by atoms with van der Waals surface area (Å²) in [6, 6.07) is 8.29. The molecule has 0 fully saturated rings. The number of hydrogen-bond acceptors (Lipinski definition) is 7. The Labute approximate surface area is 151 Å². The summed E-state index contributed by atoms with van der Waals surface area (Å²) < 4.78 is 15.2. The summed E-state index contributed by atoms with van der Waals surface area (Å²) in [5.41, 5.74) is -0.0691. The molecule has 0 saturated heterocycles. The summed E-state index contributed by atoms with van der Waals surface area (Å²) in [4.78, 5) is 33.9. The summed E-state index contributed by atoms with van der Waals surface area (Å²) in [7, 11) is 0. The quantitative estimate of drug-likeness (QED) is 0.483. The minimum atomic E-state index is -0.884. The van der Waals surface area contributed by atoms with Crippen molar-refractivity contribution < 1.29 is 28.7 Å². The monoisotopic (exact) mass is 378 g/mol. The number of anilines is 1. The van der Waals surface area contributed by atoms with Gasteiger partial charge in [0.05, 0.1) is 10.5 Å². The Hall–Kier alpha value is -3.33. The number of esters is 1. The maximum Gasteiger partial charge on any atom is 0.338 e. The van der Waals surface area contributed by atoms with Gasteiger partial charge >= 0.3 is 5.97 Å². The van der Waals surface area contributed by atoms with E-state index in [0.717, 1.165) is 6.07 Å². The van der Waals surface area contributed by atoms with Gasteiger partial charge in [-0.3, -0.25) is 14.9 Å². The molecule has 1 aliphatic heterocycles. The van der Waals surface area contributed by atoms with Gasteiger partial charge in [-0.2, -0.15) is 0 Å². The second kappa shape index (κ2) is 7.28. The van der Waals surface area contributed by atoms with E-state index < -0.39 is 29.1 Å². The second-order valence-electron chi connectivity index (χ2n) is 5.12. The molecule has 9 nitrogen and oxygen atoms in total. The molecule has 0 bridgehead atoms. The third-order valence-corrected chi connectivity index (χ3v) is 3.69. The highest BCUT2D eigenvalue weighted by Gasteiger charge is 2.18. The van der Waals surface area contributed by atoms with Crippen LogP contribution in [0.2, 0.25) is 5.02 Å². The standard InChI is InChI=1S/C16H11ClN2O7/c17-11-3-1-9(5-12(11)19(22)23)16(21)24-7-15(20)18-10-2-4-13-14(6-10)26-8-25-13/h1-6H,7-8H2,(H,18,20). The van der Waals surface area contributed by atoms with E-state index in [1.165, 1.54) is 12.1 Å². The Morgan fingerprint density at radius 1 is 1.19 bits per heavy atom. The van der Waals surface area contributed by atoms with Crippen molar-refractivity contribution in [3.63, 3.8) is 0 Å². The topological polar surface area (TPSA) is 117 Å². The van der Waals surface area contributed by atoms with Crippen molar-refractivity contribution in [1.29, 1.82) is 0 Å². The highest BCUT2D eigenvalue weighted by Crippen LogP contribution is 2.34. The molecule has 2 aromatic rings. The van der Waals surface area contributed by atoms with E-state index in [2.05, 4.69) is 5.32 Å². The summed E-state index contributed by atoms with van der Waals surface area (Å²) in [6.45, 7) is -0.457. The molecule has 2 aromatic carbocycles. The molecule has 1 aliphatic rings. The van der Waals surface area contributed by atoms with Crippen molar-refractivity contribution in [3.8, 4) is 11.5 Å². The van der Waals surface area contributed by atoms with E-state index in [4.69, 9.17) is 25.8 Å². The molecule has 10 heteroatoms. The zero-order valence-electron chi connectivity index (χ0n) is 13.1. The van der Waals surface area contributed by atoms with Gasteiger partial charge in [-0.15, -0.1) is 0 Å². The fourth-order valence-corrected chi connectivity index (χ4v) is 2.35. The van der Waals surface area contributed by atoms with Crippen LogP contribution < -0.4 is 14.8 Å². The number of ether oxygens (including phenoxy) is 3. The van der Waals surface area contributed by atoms with Crippen LogP contribution in [0, 0.1) is 10.1 Å². The summed E-state index contributed by atoms with van der Waals surface area (Å²) in [5, 5.41) is 13.3. The summed E-state index contributed by atoms with van der Waals surface area (Å²) in [5.74, 6) is -0.404. The van der Waals surface area contributed by atoms with E-state index in [-0.39, 0.29) is 17.4 Å². The van der Waals surface area contributed by atoms with Gasteiger partial charge in [-0.25, -0.2) is 4.79 Å². The molecule has 0 aromatic heterocycles. The lowest BCUT2D eigenvalue weighted by Gasteiger charge is -2.07. The van der Waals surface area contributed by atoms with Crippen molar-refractivity contribution in [2.24, 2.45) is 0 Å². The number of amides is 1. The van der Waals surface area contributed by atoms with Crippen LogP contribution in [-0.2, 0) is 9.53 Å². The van der Waals surface area contributed by atoms with Gasteiger partial charge in [0.1, 0.15) is 5.02 Å². The van der Waals surface area contributed by atoms with Gasteiger partial charge in [0.2, 0.25) is 6.79 Å². The van der Waals surface area contributed by atoms with Crippen LogP contribution in [0.4, 0.5) is 11.4 Å². The molecular formula is C16H11ClN2O7. The molecule has 0 spiro atoms. The van der Waals surface area contributed by atoms with Crippen LogP contribution in [0.1, 0.15) is 10.4 Å². The van der Waals surface area contributed by atoms with Crippen molar-refractivity contribution >= 4 is 34.9 Å². The number of halogens is 1. The molecule has 0 radical (unpaired) electrons. The number of hydrogen-bond donors (Lipinski definition) is 1. The number of carbonyl (C=O) groups is 2. The van der Waals surface area contributed by atoms with Crippen LogP contribution >= 0.6 is 11.6 Å². The van der Waals surface area contributed by atoms with Gasteiger partial charge in [0.25, 0.3) is 11.6 Å². The van der Waals surface area contributed by atoms with Gasteiger partial charge < -0.3 is 19.5 Å². The number of nitrogens with zero attached hydrogens (tertiary/aromatic N) is 1. The van der Waals surface area contributed by atoms with E-state index in [9.17, 15) is 19.7 Å². The molecule has 0 aliphatic carbocycles. The number of benzene rings is 2. The maximum atomic E-state index is 11.9. The number of nitrogens with one attached hydrogen (secondary N) is 1. The minimum absolute atomic E-state index is 0.0861. The first kappa shape index (κ1) is 17.5. The Kier molecular flexibility index (Phi) is 4.90. The molecule has 0 unspecified atom stereocenters.